The molecule has 2 N–H and O–H groups in total. The standard InChI is InChI=1S/C7H14N2O2/c1-4-8-7(11)5(2)9-6(3)10/h5H,4H2,1-3H3,(H,8,11)(H,9,10)/t5-/m1/s1. The van der Waals surface area contributed by atoms with Crippen LogP contribution in [0.3, 0.4) is 0 Å². The zero-order valence-electron chi connectivity index (χ0n) is 7.10. The molecule has 0 spiro atoms. The fraction of sp³-hybridized carbons (Fsp3) is 0.714. The Hall–Kier alpha value is -1.06. The van der Waals surface area contributed by atoms with Gasteiger partial charge in [-0.15, -0.1) is 0 Å². The van der Waals surface area contributed by atoms with Crippen LogP contribution < -0.4 is 10.6 Å². The van der Waals surface area contributed by atoms with Crippen molar-refractivity contribution < 1.29 is 9.59 Å². The summed E-state index contributed by atoms with van der Waals surface area (Å²) in [5.41, 5.74) is 0. The largest absolute Gasteiger partial charge is 0.355 e. The van der Waals surface area contributed by atoms with Crippen molar-refractivity contribution in [3.63, 3.8) is 0 Å². The topological polar surface area (TPSA) is 58.2 Å². The molecule has 0 aliphatic rings. The molecule has 4 nitrogen and oxygen atoms in total. The third-order valence-corrected chi connectivity index (χ3v) is 1.16. The number of amides is 2. The summed E-state index contributed by atoms with van der Waals surface area (Å²) < 4.78 is 0. The molecule has 4 heteroatoms. The summed E-state index contributed by atoms with van der Waals surface area (Å²) in [6.07, 6.45) is 0. The van der Waals surface area contributed by atoms with Crippen LogP contribution in [0, 0.1) is 0 Å². The quantitative estimate of drug-likeness (QED) is 0.589. The molecule has 0 aliphatic heterocycles. The number of rotatable bonds is 3. The van der Waals surface area contributed by atoms with Gasteiger partial charge in [-0.2, -0.15) is 0 Å². The Morgan fingerprint density at radius 3 is 2.36 bits per heavy atom. The molecule has 1 atom stereocenters. The van der Waals surface area contributed by atoms with Crippen molar-refractivity contribution in [2.24, 2.45) is 0 Å². The van der Waals surface area contributed by atoms with Crippen molar-refractivity contribution >= 4 is 11.8 Å². The third-order valence-electron chi connectivity index (χ3n) is 1.16. The third kappa shape index (κ3) is 4.36. The monoisotopic (exact) mass is 158 g/mol. The Kier molecular flexibility index (Phi) is 4.26. The highest BCUT2D eigenvalue weighted by Crippen LogP contribution is 1.80. The van der Waals surface area contributed by atoms with Crippen LogP contribution in [0.15, 0.2) is 0 Å². The predicted octanol–water partition coefficient (Wildman–Crippen LogP) is -0.353. The highest BCUT2D eigenvalue weighted by molar-refractivity contribution is 5.86. The van der Waals surface area contributed by atoms with Gasteiger partial charge in [-0.3, -0.25) is 9.59 Å². The lowest BCUT2D eigenvalue weighted by Crippen LogP contribution is -2.43. The first-order valence-corrected chi connectivity index (χ1v) is 3.62. The number of hydrogen-bond acceptors (Lipinski definition) is 2. The van der Waals surface area contributed by atoms with Crippen LogP contribution in [0.1, 0.15) is 20.8 Å². The van der Waals surface area contributed by atoms with Crippen molar-refractivity contribution in [1.82, 2.24) is 10.6 Å². The lowest BCUT2D eigenvalue weighted by atomic mass is 10.3. The molecule has 0 radical (unpaired) electrons. The van der Waals surface area contributed by atoms with E-state index in [2.05, 4.69) is 10.6 Å². The van der Waals surface area contributed by atoms with Crippen LogP contribution in [-0.2, 0) is 9.59 Å². The van der Waals surface area contributed by atoms with Gasteiger partial charge in [-0.25, -0.2) is 0 Å². The fourth-order valence-corrected chi connectivity index (χ4v) is 0.698. The number of hydrogen-bond donors (Lipinski definition) is 2. The number of nitrogens with one attached hydrogen (secondary N) is 2. The molecule has 0 unspecified atom stereocenters. The smallest absolute Gasteiger partial charge is 0.242 e. The van der Waals surface area contributed by atoms with E-state index in [9.17, 15) is 9.59 Å². The second-order valence-corrected chi connectivity index (χ2v) is 2.32. The molecule has 64 valence electrons. The van der Waals surface area contributed by atoms with Gasteiger partial charge < -0.3 is 10.6 Å². The van der Waals surface area contributed by atoms with E-state index in [1.54, 1.807) is 6.92 Å². The van der Waals surface area contributed by atoms with Gasteiger partial charge in [0, 0.05) is 13.5 Å². The Morgan fingerprint density at radius 1 is 1.45 bits per heavy atom. The van der Waals surface area contributed by atoms with Gasteiger partial charge in [0.2, 0.25) is 11.8 Å². The van der Waals surface area contributed by atoms with Crippen LogP contribution in [0.5, 0.6) is 0 Å². The maximum atomic E-state index is 11.0. The Labute approximate surface area is 66.4 Å². The summed E-state index contributed by atoms with van der Waals surface area (Å²) in [4.78, 5) is 21.4. The SMILES string of the molecule is CCNC(=O)[C@@H](C)NC(C)=O. The number of carbonyl (C=O) groups excluding carboxylic acids is 2. The molecule has 0 aromatic carbocycles. The average Bonchev–Trinajstić information content (AvgIpc) is 1.86. The lowest BCUT2D eigenvalue weighted by Gasteiger charge is -2.10. The zero-order chi connectivity index (χ0) is 8.85. The summed E-state index contributed by atoms with van der Waals surface area (Å²) in [5, 5.41) is 5.07. The molecule has 0 heterocycles. The van der Waals surface area contributed by atoms with Crippen molar-refractivity contribution in [3.05, 3.63) is 0 Å². The second kappa shape index (κ2) is 4.71. The summed E-state index contributed by atoms with van der Waals surface area (Å²) in [6, 6.07) is -0.438. The molecule has 2 amide bonds. The van der Waals surface area contributed by atoms with Gasteiger partial charge >= 0.3 is 0 Å². The van der Waals surface area contributed by atoms with Crippen molar-refractivity contribution in [2.45, 2.75) is 26.8 Å². The first-order valence-electron chi connectivity index (χ1n) is 3.62. The highest BCUT2D eigenvalue weighted by atomic mass is 16.2. The van der Waals surface area contributed by atoms with Gasteiger partial charge in [0.15, 0.2) is 0 Å². The van der Waals surface area contributed by atoms with E-state index in [1.807, 2.05) is 6.92 Å². The van der Waals surface area contributed by atoms with Gasteiger partial charge in [-0.1, -0.05) is 0 Å². The summed E-state index contributed by atoms with van der Waals surface area (Å²) in [6.45, 7) is 5.45. The van der Waals surface area contributed by atoms with Gasteiger partial charge in [0.05, 0.1) is 0 Å². The molecule has 0 saturated heterocycles. The molecule has 0 bridgehead atoms. The minimum absolute atomic E-state index is 0.150. The Morgan fingerprint density at radius 2 is 2.00 bits per heavy atom. The summed E-state index contributed by atoms with van der Waals surface area (Å²) in [5.74, 6) is -0.341. The first-order chi connectivity index (χ1) is 5.07. The van der Waals surface area contributed by atoms with Crippen LogP contribution in [-0.4, -0.2) is 24.4 Å². The Balaban J connectivity index is 3.73. The first kappa shape index (κ1) is 9.94. The molecule has 0 aromatic rings. The molecule has 0 rings (SSSR count). The van der Waals surface area contributed by atoms with Crippen LogP contribution in [0.2, 0.25) is 0 Å². The average molecular weight is 158 g/mol. The molecule has 0 fully saturated rings. The fourth-order valence-electron chi connectivity index (χ4n) is 0.698. The van der Waals surface area contributed by atoms with E-state index in [0.717, 1.165) is 0 Å². The van der Waals surface area contributed by atoms with Crippen molar-refractivity contribution in [1.29, 1.82) is 0 Å². The maximum absolute atomic E-state index is 11.0. The molecule has 0 aliphatic carbocycles. The molecular formula is C7H14N2O2. The van der Waals surface area contributed by atoms with Crippen LogP contribution in [0.4, 0.5) is 0 Å². The van der Waals surface area contributed by atoms with E-state index in [1.165, 1.54) is 6.92 Å². The van der Waals surface area contributed by atoms with Gasteiger partial charge in [-0.05, 0) is 13.8 Å². The lowest BCUT2D eigenvalue weighted by molar-refractivity contribution is -0.127. The van der Waals surface area contributed by atoms with Crippen LogP contribution in [0.25, 0.3) is 0 Å². The van der Waals surface area contributed by atoms with Crippen molar-refractivity contribution in [2.75, 3.05) is 6.54 Å². The van der Waals surface area contributed by atoms with E-state index in [-0.39, 0.29) is 11.8 Å². The van der Waals surface area contributed by atoms with E-state index in [0.29, 0.717) is 6.54 Å². The molecule has 0 aromatic heterocycles. The molecule has 0 saturated carbocycles. The van der Waals surface area contributed by atoms with E-state index in [4.69, 9.17) is 0 Å². The van der Waals surface area contributed by atoms with Gasteiger partial charge in [0.1, 0.15) is 6.04 Å². The zero-order valence-corrected chi connectivity index (χ0v) is 7.10. The van der Waals surface area contributed by atoms with E-state index < -0.39 is 6.04 Å². The van der Waals surface area contributed by atoms with Crippen molar-refractivity contribution in [3.8, 4) is 0 Å². The highest BCUT2D eigenvalue weighted by Gasteiger charge is 2.11. The van der Waals surface area contributed by atoms with Gasteiger partial charge in [0.25, 0.3) is 0 Å². The van der Waals surface area contributed by atoms with E-state index >= 15 is 0 Å². The number of carbonyl (C=O) groups is 2. The molecule has 11 heavy (non-hydrogen) atoms. The summed E-state index contributed by atoms with van der Waals surface area (Å²) >= 11 is 0. The minimum atomic E-state index is -0.438. The second-order valence-electron chi connectivity index (χ2n) is 2.32. The molecular weight excluding hydrogens is 144 g/mol. The summed E-state index contributed by atoms with van der Waals surface area (Å²) in [7, 11) is 0. The minimum Gasteiger partial charge on any atom is -0.355 e. The Bertz CT molecular complexity index is 157. The number of likely N-dealkylation sites (N-methyl/N-ethyl adjacent to an activating group) is 1. The van der Waals surface area contributed by atoms with Crippen LogP contribution >= 0.6 is 0 Å². The normalized spacial score (nSPS) is 11.9. The maximum Gasteiger partial charge on any atom is 0.242 e. The predicted molar refractivity (Wildman–Crippen MR) is 42.0 cm³/mol.